The highest BCUT2D eigenvalue weighted by molar-refractivity contribution is 9.10. The second-order valence-corrected chi connectivity index (χ2v) is 4.10. The number of halogens is 1. The van der Waals surface area contributed by atoms with Crippen molar-refractivity contribution in [3.8, 4) is 0 Å². The van der Waals surface area contributed by atoms with Crippen LogP contribution in [-0.4, -0.2) is 23.1 Å². The van der Waals surface area contributed by atoms with Crippen LogP contribution in [0, 0.1) is 0 Å². The first-order chi connectivity index (χ1) is 6.54. The smallest absolute Gasteiger partial charge is 0.228 e. The largest absolute Gasteiger partial charge is 0.383 e. The molecule has 2 N–H and O–H groups in total. The van der Waals surface area contributed by atoms with E-state index in [2.05, 4.69) is 39.7 Å². The number of nitrogens with two attached hydrogens (primary N) is 1. The van der Waals surface area contributed by atoms with Crippen molar-refractivity contribution in [1.29, 1.82) is 0 Å². The van der Waals surface area contributed by atoms with E-state index in [0.717, 1.165) is 11.0 Å². The van der Waals surface area contributed by atoms with Gasteiger partial charge in [0.05, 0.1) is 0 Å². The van der Waals surface area contributed by atoms with Gasteiger partial charge in [0.25, 0.3) is 0 Å². The van der Waals surface area contributed by atoms with Crippen LogP contribution in [0.4, 0.5) is 11.8 Å². The molecule has 78 valence electrons. The van der Waals surface area contributed by atoms with Gasteiger partial charge in [-0.05, 0) is 29.3 Å². The summed E-state index contributed by atoms with van der Waals surface area (Å²) in [5.41, 5.74) is 5.63. The van der Waals surface area contributed by atoms with E-state index in [-0.39, 0.29) is 0 Å². The molecule has 1 unspecified atom stereocenters. The van der Waals surface area contributed by atoms with Crippen LogP contribution in [0.2, 0.25) is 0 Å². The van der Waals surface area contributed by atoms with Crippen molar-refractivity contribution in [2.75, 3.05) is 17.7 Å². The molecule has 1 heterocycles. The zero-order chi connectivity index (χ0) is 10.7. The Bertz CT molecular complexity index is 295. The Kier molecular flexibility index (Phi) is 3.69. The van der Waals surface area contributed by atoms with E-state index >= 15 is 0 Å². The van der Waals surface area contributed by atoms with Gasteiger partial charge in [-0.25, -0.2) is 4.98 Å². The van der Waals surface area contributed by atoms with E-state index < -0.39 is 0 Å². The summed E-state index contributed by atoms with van der Waals surface area (Å²) in [6.07, 6.45) is 1.05. The van der Waals surface area contributed by atoms with Crippen LogP contribution in [0.15, 0.2) is 10.7 Å². The third-order valence-electron chi connectivity index (χ3n) is 2.27. The summed E-state index contributed by atoms with van der Waals surface area (Å²) in [5, 5.41) is 0. The van der Waals surface area contributed by atoms with Crippen LogP contribution in [0.25, 0.3) is 0 Å². The number of rotatable bonds is 3. The van der Waals surface area contributed by atoms with Crippen LogP contribution < -0.4 is 10.6 Å². The minimum atomic E-state index is 0.406. The van der Waals surface area contributed by atoms with E-state index in [9.17, 15) is 0 Å². The molecule has 0 aliphatic heterocycles. The van der Waals surface area contributed by atoms with Gasteiger partial charge >= 0.3 is 0 Å². The van der Waals surface area contributed by atoms with E-state index in [1.54, 1.807) is 6.07 Å². The molecule has 0 aliphatic rings. The Morgan fingerprint density at radius 2 is 2.21 bits per heavy atom. The van der Waals surface area contributed by atoms with E-state index in [1.165, 1.54) is 0 Å². The van der Waals surface area contributed by atoms with Crippen LogP contribution in [0.5, 0.6) is 0 Å². The van der Waals surface area contributed by atoms with E-state index in [1.807, 2.05) is 11.9 Å². The molecule has 5 heteroatoms. The van der Waals surface area contributed by atoms with Crippen molar-refractivity contribution >= 4 is 27.7 Å². The van der Waals surface area contributed by atoms with Gasteiger partial charge in [0, 0.05) is 19.2 Å². The van der Waals surface area contributed by atoms with Crippen molar-refractivity contribution in [3.63, 3.8) is 0 Å². The van der Waals surface area contributed by atoms with Gasteiger partial charge in [-0.1, -0.05) is 6.92 Å². The van der Waals surface area contributed by atoms with Crippen LogP contribution in [-0.2, 0) is 0 Å². The van der Waals surface area contributed by atoms with Crippen molar-refractivity contribution in [2.45, 2.75) is 26.3 Å². The average molecular weight is 259 g/mol. The van der Waals surface area contributed by atoms with Gasteiger partial charge in [-0.15, -0.1) is 0 Å². The first-order valence-corrected chi connectivity index (χ1v) is 5.36. The van der Waals surface area contributed by atoms with Gasteiger partial charge in [0.15, 0.2) is 0 Å². The molecule has 4 nitrogen and oxygen atoms in total. The zero-order valence-corrected chi connectivity index (χ0v) is 10.2. The molecule has 0 saturated heterocycles. The third kappa shape index (κ3) is 2.57. The standard InChI is InChI=1S/C9H15BrN4/c1-4-6(2)14(3)9-12-7(10)5-8(11)13-9/h5-6H,4H2,1-3H3,(H2,11,12,13). The molecule has 0 bridgehead atoms. The number of nitrogens with zero attached hydrogens (tertiary/aromatic N) is 3. The topological polar surface area (TPSA) is 55.0 Å². The normalized spacial score (nSPS) is 12.6. The molecule has 0 radical (unpaired) electrons. The Labute approximate surface area is 92.7 Å². The number of nitrogen functional groups attached to an aromatic ring is 1. The lowest BCUT2D eigenvalue weighted by Gasteiger charge is -2.23. The number of hydrogen-bond acceptors (Lipinski definition) is 4. The SMILES string of the molecule is CCC(C)N(C)c1nc(N)cc(Br)n1. The van der Waals surface area contributed by atoms with Crippen molar-refractivity contribution in [3.05, 3.63) is 10.7 Å². The predicted molar refractivity (Wildman–Crippen MR) is 62.3 cm³/mol. The fourth-order valence-corrected chi connectivity index (χ4v) is 1.44. The van der Waals surface area contributed by atoms with Crippen LogP contribution in [0.1, 0.15) is 20.3 Å². The summed E-state index contributed by atoms with van der Waals surface area (Å²) in [4.78, 5) is 10.4. The number of hydrogen-bond donors (Lipinski definition) is 1. The minimum Gasteiger partial charge on any atom is -0.383 e. The fraction of sp³-hybridized carbons (Fsp3) is 0.556. The summed E-state index contributed by atoms with van der Waals surface area (Å²) in [7, 11) is 1.97. The molecular formula is C9H15BrN4. The molecule has 0 aromatic carbocycles. The second kappa shape index (κ2) is 4.59. The first-order valence-electron chi connectivity index (χ1n) is 4.57. The quantitative estimate of drug-likeness (QED) is 0.844. The average Bonchev–Trinajstić information content (AvgIpc) is 2.14. The monoisotopic (exact) mass is 258 g/mol. The minimum absolute atomic E-state index is 0.406. The Hall–Kier alpha value is -0.840. The van der Waals surface area contributed by atoms with Crippen molar-refractivity contribution in [1.82, 2.24) is 9.97 Å². The molecule has 1 atom stereocenters. The molecule has 0 amide bonds. The van der Waals surface area contributed by atoms with Gasteiger partial charge in [-0.2, -0.15) is 4.98 Å². The zero-order valence-electron chi connectivity index (χ0n) is 8.66. The maximum Gasteiger partial charge on any atom is 0.228 e. The van der Waals surface area contributed by atoms with Crippen LogP contribution >= 0.6 is 15.9 Å². The summed E-state index contributed by atoms with van der Waals surface area (Å²) in [5.74, 6) is 1.14. The summed E-state index contributed by atoms with van der Waals surface area (Å²) in [6.45, 7) is 4.25. The molecule has 1 rings (SSSR count). The van der Waals surface area contributed by atoms with Crippen LogP contribution in [0.3, 0.4) is 0 Å². The fourth-order valence-electron chi connectivity index (χ4n) is 1.05. The summed E-state index contributed by atoms with van der Waals surface area (Å²) >= 11 is 3.29. The molecule has 0 fully saturated rings. The highest BCUT2D eigenvalue weighted by Crippen LogP contribution is 2.17. The predicted octanol–water partition coefficient (Wildman–Crippen LogP) is 2.06. The maximum absolute atomic E-state index is 5.63. The molecule has 0 saturated carbocycles. The molecule has 1 aromatic rings. The molecular weight excluding hydrogens is 244 g/mol. The number of anilines is 2. The summed E-state index contributed by atoms with van der Waals surface area (Å²) < 4.78 is 0.718. The molecule has 0 spiro atoms. The van der Waals surface area contributed by atoms with Gasteiger partial charge in [0.1, 0.15) is 10.4 Å². The Morgan fingerprint density at radius 3 is 2.71 bits per heavy atom. The Morgan fingerprint density at radius 1 is 1.57 bits per heavy atom. The highest BCUT2D eigenvalue weighted by Gasteiger charge is 2.11. The second-order valence-electron chi connectivity index (χ2n) is 3.28. The maximum atomic E-state index is 5.63. The lowest BCUT2D eigenvalue weighted by molar-refractivity contribution is 0.648. The summed E-state index contributed by atoms with van der Waals surface area (Å²) in [6, 6.07) is 2.09. The molecule has 0 aliphatic carbocycles. The van der Waals surface area contributed by atoms with Gasteiger partial charge in [0.2, 0.25) is 5.95 Å². The first kappa shape index (κ1) is 11.2. The lowest BCUT2D eigenvalue weighted by Crippen LogP contribution is -2.29. The molecule has 14 heavy (non-hydrogen) atoms. The van der Waals surface area contributed by atoms with Crippen molar-refractivity contribution < 1.29 is 0 Å². The van der Waals surface area contributed by atoms with Crippen molar-refractivity contribution in [2.24, 2.45) is 0 Å². The third-order valence-corrected chi connectivity index (χ3v) is 2.68. The molecule has 1 aromatic heterocycles. The van der Waals surface area contributed by atoms with Gasteiger partial charge < -0.3 is 10.6 Å². The lowest BCUT2D eigenvalue weighted by atomic mass is 10.2. The van der Waals surface area contributed by atoms with Gasteiger partial charge in [-0.3, -0.25) is 0 Å². The van der Waals surface area contributed by atoms with E-state index in [0.29, 0.717) is 17.8 Å². The highest BCUT2D eigenvalue weighted by atomic mass is 79.9. The Balaban J connectivity index is 2.94. The van der Waals surface area contributed by atoms with E-state index in [4.69, 9.17) is 5.73 Å². The number of aromatic nitrogens is 2.